The minimum absolute atomic E-state index is 0.0733. The van der Waals surface area contributed by atoms with Crippen LogP contribution in [0.5, 0.6) is 17.5 Å². The Hall–Kier alpha value is -4.03. The van der Waals surface area contributed by atoms with Gasteiger partial charge in [-0.15, -0.1) is 0 Å². The summed E-state index contributed by atoms with van der Waals surface area (Å²) in [6.07, 6.45) is 2.20. The first-order valence-corrected chi connectivity index (χ1v) is 13.4. The lowest BCUT2D eigenvalue weighted by Gasteiger charge is -2.29. The molecule has 0 saturated carbocycles. The van der Waals surface area contributed by atoms with E-state index in [1.165, 1.54) is 54.0 Å². The van der Waals surface area contributed by atoms with Crippen LogP contribution in [0.15, 0.2) is 59.6 Å². The fourth-order valence-electron chi connectivity index (χ4n) is 3.47. The Morgan fingerprint density at radius 1 is 1.05 bits per heavy atom. The van der Waals surface area contributed by atoms with Gasteiger partial charge in [0, 0.05) is 31.4 Å². The third kappa shape index (κ3) is 6.64. The number of hydrogen-bond donors (Lipinski definition) is 1. The molecule has 1 aromatic carbocycles. The average Bonchev–Trinajstić information content (AvgIpc) is 2.83. The maximum atomic E-state index is 13.0. The Balaban J connectivity index is 1.51. The van der Waals surface area contributed by atoms with Gasteiger partial charge in [0.05, 0.1) is 30.1 Å². The Bertz CT molecular complexity index is 1400. The zero-order chi connectivity index (χ0) is 27.3. The van der Waals surface area contributed by atoms with Gasteiger partial charge in [-0.3, -0.25) is 9.59 Å². The van der Waals surface area contributed by atoms with Crippen LogP contribution >= 0.6 is 0 Å². The number of amides is 1. The summed E-state index contributed by atoms with van der Waals surface area (Å²) < 4.78 is 42.7. The monoisotopic (exact) mass is 540 g/mol. The predicted octanol–water partition coefficient (Wildman–Crippen LogP) is 3.42. The SMILES string of the molecule is COC(=O)Cc1ccc(NC(=O)c2cc(Oc3ccc(S(=O)(=O)N4CCC4)cc3)nc(OC(C)C)c2)nc1. The first kappa shape index (κ1) is 27.0. The summed E-state index contributed by atoms with van der Waals surface area (Å²) in [6, 6.07) is 12.2. The molecule has 2 aromatic heterocycles. The molecule has 3 heterocycles. The molecule has 4 rings (SSSR count). The van der Waals surface area contributed by atoms with E-state index in [1.54, 1.807) is 12.1 Å². The van der Waals surface area contributed by atoms with Gasteiger partial charge >= 0.3 is 5.97 Å². The van der Waals surface area contributed by atoms with Crippen molar-refractivity contribution in [2.75, 3.05) is 25.5 Å². The van der Waals surface area contributed by atoms with Crippen LogP contribution in [0.4, 0.5) is 5.82 Å². The van der Waals surface area contributed by atoms with Crippen molar-refractivity contribution in [1.82, 2.24) is 14.3 Å². The van der Waals surface area contributed by atoms with Gasteiger partial charge in [-0.1, -0.05) is 6.07 Å². The second kappa shape index (κ2) is 11.6. The van der Waals surface area contributed by atoms with Gasteiger partial charge in [0.2, 0.25) is 21.8 Å². The number of anilines is 1. The number of carbonyl (C=O) groups excluding carboxylic acids is 2. The fourth-order valence-corrected chi connectivity index (χ4v) is 4.99. The van der Waals surface area contributed by atoms with E-state index in [-0.39, 0.29) is 40.6 Å². The molecule has 12 heteroatoms. The highest BCUT2D eigenvalue weighted by Crippen LogP contribution is 2.27. The smallest absolute Gasteiger partial charge is 0.310 e. The average molecular weight is 541 g/mol. The summed E-state index contributed by atoms with van der Waals surface area (Å²) in [6.45, 7) is 4.69. The van der Waals surface area contributed by atoms with Crippen molar-refractivity contribution in [1.29, 1.82) is 0 Å². The number of nitrogens with zero attached hydrogens (tertiary/aromatic N) is 3. The van der Waals surface area contributed by atoms with Crippen molar-refractivity contribution >= 4 is 27.7 Å². The second-order valence-electron chi connectivity index (χ2n) is 8.79. The quantitative estimate of drug-likeness (QED) is 0.384. The van der Waals surface area contributed by atoms with Crippen LogP contribution in [-0.4, -0.2) is 60.9 Å². The number of carbonyl (C=O) groups is 2. The lowest BCUT2D eigenvalue weighted by molar-refractivity contribution is -0.139. The number of aromatic nitrogens is 2. The summed E-state index contributed by atoms with van der Waals surface area (Å²) >= 11 is 0. The van der Waals surface area contributed by atoms with Crippen molar-refractivity contribution in [2.24, 2.45) is 0 Å². The lowest BCUT2D eigenvalue weighted by Crippen LogP contribution is -2.41. The van der Waals surface area contributed by atoms with Gasteiger partial charge in [0.15, 0.2) is 0 Å². The summed E-state index contributed by atoms with van der Waals surface area (Å²) in [4.78, 5) is 33.1. The normalized spacial score (nSPS) is 13.5. The molecule has 1 fully saturated rings. The maximum absolute atomic E-state index is 13.0. The standard InChI is InChI=1S/C26H28N4O7S/c1-17(2)36-23-14-19(26(32)28-22-10-5-18(16-27-22)13-25(31)35-3)15-24(29-23)37-20-6-8-21(9-7-20)38(33,34)30-11-4-12-30/h5-10,14-17H,4,11-13H2,1-3H3,(H,27,28,32). The molecular formula is C26H28N4O7S. The van der Waals surface area contributed by atoms with E-state index >= 15 is 0 Å². The van der Waals surface area contributed by atoms with E-state index in [4.69, 9.17) is 9.47 Å². The van der Waals surface area contributed by atoms with E-state index in [1.807, 2.05) is 13.8 Å². The molecule has 0 radical (unpaired) electrons. The number of pyridine rings is 2. The third-order valence-corrected chi connectivity index (χ3v) is 7.45. The van der Waals surface area contributed by atoms with Gasteiger partial charge in [-0.2, -0.15) is 9.29 Å². The predicted molar refractivity (Wildman–Crippen MR) is 138 cm³/mol. The molecule has 3 aromatic rings. The number of hydrogen-bond acceptors (Lipinski definition) is 9. The Morgan fingerprint density at radius 3 is 2.34 bits per heavy atom. The van der Waals surface area contributed by atoms with Crippen molar-refractivity contribution < 1.29 is 32.2 Å². The van der Waals surface area contributed by atoms with Crippen LogP contribution in [0.3, 0.4) is 0 Å². The minimum Gasteiger partial charge on any atom is -0.475 e. The zero-order valence-corrected chi connectivity index (χ0v) is 22.0. The number of esters is 1. The third-order valence-electron chi connectivity index (χ3n) is 5.54. The molecule has 1 saturated heterocycles. The van der Waals surface area contributed by atoms with E-state index in [0.29, 0.717) is 24.4 Å². The van der Waals surface area contributed by atoms with Crippen molar-refractivity contribution in [3.05, 3.63) is 65.9 Å². The number of ether oxygens (including phenoxy) is 3. The van der Waals surface area contributed by atoms with Crippen LogP contribution in [-0.2, 0) is 26.0 Å². The van der Waals surface area contributed by atoms with Crippen LogP contribution in [0.2, 0.25) is 0 Å². The molecule has 1 aliphatic rings. The van der Waals surface area contributed by atoms with E-state index in [2.05, 4.69) is 20.0 Å². The molecule has 0 bridgehead atoms. The number of benzene rings is 1. The van der Waals surface area contributed by atoms with E-state index in [0.717, 1.165) is 6.42 Å². The van der Waals surface area contributed by atoms with Crippen LogP contribution < -0.4 is 14.8 Å². The second-order valence-corrected chi connectivity index (χ2v) is 10.7. The summed E-state index contributed by atoms with van der Waals surface area (Å²) in [7, 11) is -2.20. The minimum atomic E-state index is -3.51. The van der Waals surface area contributed by atoms with Crippen LogP contribution in [0, 0.1) is 0 Å². The van der Waals surface area contributed by atoms with E-state index in [9.17, 15) is 18.0 Å². The highest BCUT2D eigenvalue weighted by molar-refractivity contribution is 7.89. The lowest BCUT2D eigenvalue weighted by atomic mass is 10.2. The number of rotatable bonds is 10. The van der Waals surface area contributed by atoms with Gasteiger partial charge in [-0.05, 0) is 56.2 Å². The molecule has 0 spiro atoms. The molecule has 1 N–H and O–H groups in total. The molecule has 200 valence electrons. The highest BCUT2D eigenvalue weighted by Gasteiger charge is 2.29. The first-order valence-electron chi connectivity index (χ1n) is 11.9. The highest BCUT2D eigenvalue weighted by atomic mass is 32.2. The largest absolute Gasteiger partial charge is 0.475 e. The number of methoxy groups -OCH3 is 1. The van der Waals surface area contributed by atoms with Gasteiger partial charge in [0.25, 0.3) is 5.91 Å². The summed E-state index contributed by atoms with van der Waals surface area (Å²) in [5.74, 6) is 0.0336. The van der Waals surface area contributed by atoms with Gasteiger partial charge in [0.1, 0.15) is 11.6 Å². The van der Waals surface area contributed by atoms with Gasteiger partial charge in [-0.25, -0.2) is 13.4 Å². The topological polar surface area (TPSA) is 137 Å². The molecule has 1 amide bonds. The zero-order valence-electron chi connectivity index (χ0n) is 21.2. The molecule has 0 unspecified atom stereocenters. The van der Waals surface area contributed by atoms with Crippen molar-refractivity contribution in [2.45, 2.75) is 37.7 Å². The van der Waals surface area contributed by atoms with Crippen molar-refractivity contribution in [3.63, 3.8) is 0 Å². The Morgan fingerprint density at radius 2 is 1.76 bits per heavy atom. The van der Waals surface area contributed by atoms with Crippen LogP contribution in [0.1, 0.15) is 36.2 Å². The Kier molecular flexibility index (Phi) is 8.23. The van der Waals surface area contributed by atoms with Crippen LogP contribution in [0.25, 0.3) is 0 Å². The van der Waals surface area contributed by atoms with Crippen molar-refractivity contribution in [3.8, 4) is 17.5 Å². The molecule has 0 atom stereocenters. The first-order chi connectivity index (χ1) is 18.1. The number of sulfonamides is 1. The number of nitrogens with one attached hydrogen (secondary N) is 1. The van der Waals surface area contributed by atoms with Gasteiger partial charge < -0.3 is 19.5 Å². The van der Waals surface area contributed by atoms with E-state index < -0.39 is 21.9 Å². The molecule has 38 heavy (non-hydrogen) atoms. The fraction of sp³-hybridized carbons (Fsp3) is 0.308. The molecular weight excluding hydrogens is 512 g/mol. The molecule has 0 aliphatic carbocycles. The molecule has 11 nitrogen and oxygen atoms in total. The molecule has 1 aliphatic heterocycles. The Labute approximate surface area is 220 Å². The summed E-state index contributed by atoms with van der Waals surface area (Å²) in [5, 5.41) is 2.69. The summed E-state index contributed by atoms with van der Waals surface area (Å²) in [5.41, 5.74) is 0.855. The maximum Gasteiger partial charge on any atom is 0.310 e.